The van der Waals surface area contributed by atoms with Gasteiger partial charge < -0.3 is 9.64 Å². The number of ether oxygens (including phenoxy) is 1. The van der Waals surface area contributed by atoms with Crippen LogP contribution in [0.25, 0.3) is 0 Å². The number of nitrogens with zero attached hydrogens (tertiary/aromatic N) is 1. The summed E-state index contributed by atoms with van der Waals surface area (Å²) in [6.45, 7) is 6.03. The van der Waals surface area contributed by atoms with Crippen molar-refractivity contribution in [1.29, 1.82) is 0 Å². The van der Waals surface area contributed by atoms with E-state index in [1.165, 1.54) is 0 Å². The van der Waals surface area contributed by atoms with Crippen LogP contribution in [0.15, 0.2) is 0 Å². The number of hydrogen-bond donors (Lipinski definition) is 1. The average molecular weight is 304 g/mol. The summed E-state index contributed by atoms with van der Waals surface area (Å²) in [4.78, 5) is 13.9. The summed E-state index contributed by atoms with van der Waals surface area (Å²) in [5.74, 6) is -0.0377. The highest BCUT2D eigenvalue weighted by Crippen LogP contribution is 2.49. The summed E-state index contributed by atoms with van der Waals surface area (Å²) >= 11 is 0. The minimum Gasteiger partial charge on any atom is -0.444 e. The van der Waals surface area contributed by atoms with Gasteiger partial charge in [-0.3, -0.25) is 0 Å². The van der Waals surface area contributed by atoms with Gasteiger partial charge in [0, 0.05) is 18.0 Å². The number of amides is 1. The summed E-state index contributed by atoms with van der Waals surface area (Å²) in [5, 5.41) is 5.23. The van der Waals surface area contributed by atoms with Crippen molar-refractivity contribution in [1.82, 2.24) is 4.90 Å². The molecule has 0 spiro atoms. The van der Waals surface area contributed by atoms with Crippen LogP contribution in [-0.2, 0) is 14.8 Å². The second kappa shape index (κ2) is 4.87. The number of likely N-dealkylation sites (tertiary alicyclic amines) is 1. The van der Waals surface area contributed by atoms with Crippen molar-refractivity contribution in [2.24, 2.45) is 10.6 Å². The lowest BCUT2D eigenvalue weighted by Gasteiger charge is -2.32. The summed E-state index contributed by atoms with van der Waals surface area (Å²) in [7, 11) is -3.53. The summed E-state index contributed by atoms with van der Waals surface area (Å²) < 4.78 is 28.4. The zero-order valence-electron chi connectivity index (χ0n) is 12.4. The maximum Gasteiger partial charge on any atom is 0.410 e. The minimum absolute atomic E-state index is 0.0377. The van der Waals surface area contributed by atoms with E-state index in [2.05, 4.69) is 0 Å². The number of carbonyl (C=O) groups is 1. The molecule has 20 heavy (non-hydrogen) atoms. The molecule has 0 radical (unpaired) electrons. The molecule has 116 valence electrons. The number of fused-ring (bicyclic) bond motifs is 1. The highest BCUT2D eigenvalue weighted by atomic mass is 32.2. The van der Waals surface area contributed by atoms with Crippen molar-refractivity contribution in [2.45, 2.75) is 58.1 Å². The van der Waals surface area contributed by atoms with Crippen LogP contribution in [-0.4, -0.2) is 43.4 Å². The van der Waals surface area contributed by atoms with Crippen LogP contribution in [0, 0.1) is 5.41 Å². The van der Waals surface area contributed by atoms with Crippen LogP contribution in [0.3, 0.4) is 0 Å². The van der Waals surface area contributed by atoms with E-state index in [4.69, 9.17) is 9.88 Å². The zero-order valence-corrected chi connectivity index (χ0v) is 13.2. The maximum absolute atomic E-state index is 12.2. The summed E-state index contributed by atoms with van der Waals surface area (Å²) in [6, 6.07) is -0.0596. The predicted molar refractivity (Wildman–Crippen MR) is 75.6 cm³/mol. The molecule has 1 saturated carbocycles. The first-order valence-electron chi connectivity index (χ1n) is 7.03. The Morgan fingerprint density at radius 1 is 1.40 bits per heavy atom. The molecule has 2 rings (SSSR count). The van der Waals surface area contributed by atoms with Crippen molar-refractivity contribution < 1.29 is 17.9 Å². The highest BCUT2D eigenvalue weighted by molar-refractivity contribution is 7.89. The third-order valence-corrected chi connectivity index (χ3v) is 5.18. The van der Waals surface area contributed by atoms with Gasteiger partial charge >= 0.3 is 6.09 Å². The number of primary sulfonamides is 1. The molecular weight excluding hydrogens is 280 g/mol. The van der Waals surface area contributed by atoms with Crippen molar-refractivity contribution in [2.75, 3.05) is 12.3 Å². The second-order valence-electron chi connectivity index (χ2n) is 7.00. The Labute approximate surface area is 120 Å². The van der Waals surface area contributed by atoms with E-state index in [0.29, 0.717) is 13.0 Å². The fourth-order valence-electron chi connectivity index (χ4n) is 3.58. The van der Waals surface area contributed by atoms with Crippen LogP contribution in [0.2, 0.25) is 0 Å². The molecule has 2 unspecified atom stereocenters. The number of hydrogen-bond acceptors (Lipinski definition) is 4. The molecule has 0 aromatic carbocycles. The molecule has 2 fully saturated rings. The first-order chi connectivity index (χ1) is 9.03. The second-order valence-corrected chi connectivity index (χ2v) is 8.62. The van der Waals surface area contributed by atoms with Crippen LogP contribution < -0.4 is 5.14 Å². The van der Waals surface area contributed by atoms with Crippen LogP contribution in [0.1, 0.15) is 46.5 Å². The molecule has 0 aromatic heterocycles. The summed E-state index contributed by atoms with van der Waals surface area (Å²) in [6.07, 6.45) is 2.91. The van der Waals surface area contributed by atoms with Gasteiger partial charge in [0.1, 0.15) is 5.60 Å². The first-order valence-corrected chi connectivity index (χ1v) is 8.74. The monoisotopic (exact) mass is 304 g/mol. The van der Waals surface area contributed by atoms with Gasteiger partial charge in [-0.1, -0.05) is 6.42 Å². The molecular formula is C13H24N2O4S. The molecule has 2 N–H and O–H groups in total. The third-order valence-electron chi connectivity index (χ3n) is 4.20. The standard InChI is InChI=1S/C13H24N2O4S/c1-12(2,3)19-11(16)15-8-7-13(9-20(14,17)18)6-4-5-10(13)15/h10H,4-9H2,1-3H3,(H2,14,17,18). The number of carbonyl (C=O) groups excluding carboxylic acids is 1. The van der Waals surface area contributed by atoms with E-state index >= 15 is 0 Å². The molecule has 2 aliphatic rings. The normalized spacial score (nSPS) is 30.4. The lowest BCUT2D eigenvalue weighted by atomic mass is 9.84. The van der Waals surface area contributed by atoms with E-state index in [0.717, 1.165) is 19.3 Å². The quantitative estimate of drug-likeness (QED) is 0.836. The Hall–Kier alpha value is -0.820. The van der Waals surface area contributed by atoms with Crippen molar-refractivity contribution in [3.63, 3.8) is 0 Å². The fourth-order valence-corrected chi connectivity index (χ4v) is 4.86. The van der Waals surface area contributed by atoms with Gasteiger partial charge in [0.25, 0.3) is 0 Å². The molecule has 1 saturated heterocycles. The fraction of sp³-hybridized carbons (Fsp3) is 0.923. The first kappa shape index (κ1) is 15.6. The van der Waals surface area contributed by atoms with Crippen molar-refractivity contribution >= 4 is 16.1 Å². The van der Waals surface area contributed by atoms with Crippen molar-refractivity contribution in [3.8, 4) is 0 Å². The van der Waals surface area contributed by atoms with Crippen LogP contribution in [0.4, 0.5) is 4.79 Å². The van der Waals surface area contributed by atoms with Gasteiger partial charge in [-0.15, -0.1) is 0 Å². The Balaban J connectivity index is 2.15. The Morgan fingerprint density at radius 3 is 2.60 bits per heavy atom. The number of rotatable bonds is 2. The van der Waals surface area contributed by atoms with Gasteiger partial charge in [0.15, 0.2) is 0 Å². The van der Waals surface area contributed by atoms with E-state index in [1.54, 1.807) is 4.90 Å². The van der Waals surface area contributed by atoms with E-state index < -0.39 is 15.6 Å². The topological polar surface area (TPSA) is 89.7 Å². The molecule has 0 aromatic rings. The smallest absolute Gasteiger partial charge is 0.410 e. The molecule has 1 aliphatic heterocycles. The average Bonchev–Trinajstić information content (AvgIpc) is 2.68. The lowest BCUT2D eigenvalue weighted by molar-refractivity contribution is 0.0195. The minimum atomic E-state index is -3.53. The lowest BCUT2D eigenvalue weighted by Crippen LogP contribution is -2.45. The Kier molecular flexibility index (Phi) is 3.79. The number of nitrogens with two attached hydrogens (primary N) is 1. The summed E-state index contributed by atoms with van der Waals surface area (Å²) in [5.41, 5.74) is -0.911. The van der Waals surface area contributed by atoms with E-state index in [1.807, 2.05) is 20.8 Å². The van der Waals surface area contributed by atoms with Crippen LogP contribution in [0.5, 0.6) is 0 Å². The molecule has 1 amide bonds. The molecule has 2 atom stereocenters. The largest absolute Gasteiger partial charge is 0.444 e. The Bertz CT molecular complexity index is 497. The maximum atomic E-state index is 12.2. The molecule has 1 aliphatic carbocycles. The van der Waals surface area contributed by atoms with Crippen LogP contribution >= 0.6 is 0 Å². The van der Waals surface area contributed by atoms with Gasteiger partial charge in [-0.25, -0.2) is 18.4 Å². The van der Waals surface area contributed by atoms with Gasteiger partial charge in [0.05, 0.1) is 5.75 Å². The van der Waals surface area contributed by atoms with Crippen molar-refractivity contribution in [3.05, 3.63) is 0 Å². The highest BCUT2D eigenvalue weighted by Gasteiger charge is 2.54. The zero-order chi connectivity index (χ0) is 15.2. The van der Waals surface area contributed by atoms with E-state index in [9.17, 15) is 13.2 Å². The third kappa shape index (κ3) is 3.25. The number of sulfonamides is 1. The predicted octanol–water partition coefficient (Wildman–Crippen LogP) is 1.45. The molecule has 0 bridgehead atoms. The van der Waals surface area contributed by atoms with Gasteiger partial charge in [-0.2, -0.15) is 0 Å². The Morgan fingerprint density at radius 2 is 2.05 bits per heavy atom. The molecule has 6 nitrogen and oxygen atoms in total. The molecule has 1 heterocycles. The van der Waals surface area contributed by atoms with Gasteiger partial charge in [0.2, 0.25) is 10.0 Å². The van der Waals surface area contributed by atoms with Gasteiger partial charge in [-0.05, 0) is 40.0 Å². The SMILES string of the molecule is CC(C)(C)OC(=O)N1CCC2(CS(N)(=O)=O)CCCC12. The molecule has 7 heteroatoms. The van der Waals surface area contributed by atoms with E-state index in [-0.39, 0.29) is 23.3 Å².